The average Bonchev–Trinajstić information content (AvgIpc) is 3.21. The first kappa shape index (κ1) is 23.4. The fourth-order valence-electron chi connectivity index (χ4n) is 4.36. The molecule has 1 amide bonds. The number of rotatable bonds is 8. The third-order valence-electron chi connectivity index (χ3n) is 6.22. The number of nitrogens with zero attached hydrogens (tertiary/aromatic N) is 3. The molecule has 7 heteroatoms. The Morgan fingerprint density at radius 3 is 2.41 bits per heavy atom. The highest BCUT2D eigenvalue weighted by molar-refractivity contribution is 5.94. The largest absolute Gasteiger partial charge is 0.456 e. The normalized spacial score (nSPS) is 11.2. The maximum atomic E-state index is 12.5. The molecule has 4 rings (SSSR count). The number of aromatic nitrogens is 3. The molecule has 4 aromatic rings. The van der Waals surface area contributed by atoms with Gasteiger partial charge in [-0.05, 0) is 61.9 Å². The van der Waals surface area contributed by atoms with Crippen LogP contribution < -0.4 is 5.32 Å². The average molecular weight is 459 g/mol. The number of carbonyl (C=O) groups excluding carboxylic acids is 2. The third kappa shape index (κ3) is 4.64. The van der Waals surface area contributed by atoms with Crippen molar-refractivity contribution in [3.63, 3.8) is 0 Å². The van der Waals surface area contributed by atoms with Gasteiger partial charge in [0.2, 0.25) is 0 Å². The van der Waals surface area contributed by atoms with E-state index in [4.69, 9.17) is 9.72 Å². The van der Waals surface area contributed by atoms with Crippen molar-refractivity contribution in [2.75, 3.05) is 11.9 Å². The lowest BCUT2D eigenvalue weighted by Crippen LogP contribution is -2.22. The van der Waals surface area contributed by atoms with Crippen LogP contribution in [0.1, 0.15) is 48.3 Å². The Morgan fingerprint density at radius 2 is 1.71 bits per heavy atom. The molecule has 0 aliphatic carbocycles. The molecule has 0 saturated carbocycles. The quantitative estimate of drug-likeness (QED) is 0.386. The first-order chi connectivity index (χ1) is 16.4. The number of benzene rings is 2. The molecule has 0 aliphatic heterocycles. The van der Waals surface area contributed by atoms with Gasteiger partial charge >= 0.3 is 5.97 Å². The number of anilines is 1. The number of amides is 1. The number of aryl methyl sites for hydroxylation is 4. The molecule has 0 saturated heterocycles. The summed E-state index contributed by atoms with van der Waals surface area (Å²) in [6.07, 6.45) is 2.25. The Hall–Kier alpha value is -3.74. The number of ether oxygens (including phenoxy) is 1. The van der Waals surface area contributed by atoms with Crippen LogP contribution in [0.25, 0.3) is 16.6 Å². The highest BCUT2D eigenvalue weighted by Crippen LogP contribution is 2.24. The highest BCUT2D eigenvalue weighted by atomic mass is 16.5. The Kier molecular flexibility index (Phi) is 6.91. The summed E-state index contributed by atoms with van der Waals surface area (Å²) in [6.45, 7) is 7.72. The maximum absolute atomic E-state index is 12.5. The van der Waals surface area contributed by atoms with Gasteiger partial charge in [-0.25, -0.2) is 9.50 Å². The Labute approximate surface area is 199 Å². The molecule has 1 N–H and O–H groups in total. The second kappa shape index (κ2) is 10.0. The van der Waals surface area contributed by atoms with E-state index >= 15 is 0 Å². The second-order valence-corrected chi connectivity index (χ2v) is 8.38. The molecule has 0 spiro atoms. The van der Waals surface area contributed by atoms with E-state index in [9.17, 15) is 9.59 Å². The van der Waals surface area contributed by atoms with E-state index in [1.165, 1.54) is 0 Å². The van der Waals surface area contributed by atoms with Crippen molar-refractivity contribution in [2.24, 2.45) is 0 Å². The number of hydrogen-bond acceptors (Lipinski definition) is 5. The highest BCUT2D eigenvalue weighted by Gasteiger charge is 2.16. The zero-order chi connectivity index (χ0) is 24.2. The minimum Gasteiger partial charge on any atom is -0.456 e. The fourth-order valence-corrected chi connectivity index (χ4v) is 4.36. The van der Waals surface area contributed by atoms with Crippen LogP contribution in [0.3, 0.4) is 0 Å². The van der Waals surface area contributed by atoms with Gasteiger partial charge in [0, 0.05) is 28.9 Å². The lowest BCUT2D eigenvalue weighted by molar-refractivity contribution is -0.147. The van der Waals surface area contributed by atoms with E-state index in [0.717, 1.165) is 63.2 Å². The molecular formula is C27H30N4O3. The van der Waals surface area contributed by atoms with Crippen molar-refractivity contribution in [3.05, 3.63) is 70.5 Å². The number of nitrogens with one attached hydrogen (secondary N) is 1. The van der Waals surface area contributed by atoms with Crippen LogP contribution in [0.4, 0.5) is 5.69 Å². The summed E-state index contributed by atoms with van der Waals surface area (Å²) in [4.78, 5) is 29.6. The Morgan fingerprint density at radius 1 is 1.00 bits per heavy atom. The van der Waals surface area contributed by atoms with Gasteiger partial charge in [-0.2, -0.15) is 5.10 Å². The third-order valence-corrected chi connectivity index (χ3v) is 6.22. The molecule has 0 aliphatic rings. The lowest BCUT2D eigenvalue weighted by atomic mass is 10.0. The summed E-state index contributed by atoms with van der Waals surface area (Å²) in [7, 11) is 0. The first-order valence-electron chi connectivity index (χ1n) is 11.7. The summed E-state index contributed by atoms with van der Waals surface area (Å²) >= 11 is 0. The van der Waals surface area contributed by atoms with Crippen molar-refractivity contribution < 1.29 is 14.3 Å². The molecular weight excluding hydrogens is 428 g/mol. The van der Waals surface area contributed by atoms with Gasteiger partial charge < -0.3 is 10.1 Å². The molecule has 0 atom stereocenters. The van der Waals surface area contributed by atoms with Crippen molar-refractivity contribution in [3.8, 4) is 0 Å². The number of carbonyl (C=O) groups is 2. The molecule has 2 aromatic carbocycles. The van der Waals surface area contributed by atoms with Gasteiger partial charge in [0.1, 0.15) is 0 Å². The van der Waals surface area contributed by atoms with Crippen molar-refractivity contribution >= 4 is 34.1 Å². The molecule has 2 heterocycles. The van der Waals surface area contributed by atoms with Crippen LogP contribution in [0.2, 0.25) is 0 Å². The van der Waals surface area contributed by atoms with Crippen molar-refractivity contribution in [1.29, 1.82) is 0 Å². The van der Waals surface area contributed by atoms with E-state index in [2.05, 4.69) is 10.4 Å². The van der Waals surface area contributed by atoms with Crippen LogP contribution in [0.15, 0.2) is 42.5 Å². The SMILES string of the molecule is CCc1cccc(CC)c1NC(=O)COC(=O)CCc1c(C)nc2c3ccccc3nn2c1C. The van der Waals surface area contributed by atoms with Gasteiger partial charge in [-0.1, -0.05) is 44.2 Å². The second-order valence-electron chi connectivity index (χ2n) is 8.38. The Balaban J connectivity index is 1.39. The number of esters is 1. The standard InChI is InChI=1S/C27H30N4O3/c1-5-19-10-9-11-20(6-2)26(19)29-24(32)16-34-25(33)15-14-21-17(3)28-27-22-12-7-8-13-23(22)30-31(27)18(21)4/h7-13H,5-6,14-16H2,1-4H3,(H,29,32). The number of fused-ring (bicyclic) bond motifs is 3. The molecule has 34 heavy (non-hydrogen) atoms. The Bertz CT molecular complexity index is 1350. The van der Waals surface area contributed by atoms with Gasteiger partial charge in [0.15, 0.2) is 12.3 Å². The van der Waals surface area contributed by atoms with E-state index in [1.54, 1.807) is 0 Å². The molecule has 0 radical (unpaired) electrons. The molecule has 7 nitrogen and oxygen atoms in total. The molecule has 176 valence electrons. The van der Waals surface area contributed by atoms with Gasteiger partial charge in [-0.15, -0.1) is 0 Å². The minimum absolute atomic E-state index is 0.161. The van der Waals surface area contributed by atoms with Crippen molar-refractivity contribution in [1.82, 2.24) is 14.6 Å². The van der Waals surface area contributed by atoms with Crippen LogP contribution in [-0.2, 0) is 33.6 Å². The van der Waals surface area contributed by atoms with Crippen LogP contribution in [-0.4, -0.2) is 33.1 Å². The molecule has 0 fully saturated rings. The van der Waals surface area contributed by atoms with Gasteiger partial charge in [-0.3, -0.25) is 9.59 Å². The number of para-hydroxylation sites is 1. The predicted octanol–water partition coefficient (Wildman–Crippen LogP) is 4.74. The predicted molar refractivity (Wildman–Crippen MR) is 133 cm³/mol. The van der Waals surface area contributed by atoms with E-state index in [0.29, 0.717) is 6.42 Å². The van der Waals surface area contributed by atoms with Gasteiger partial charge in [0.25, 0.3) is 5.91 Å². The summed E-state index contributed by atoms with van der Waals surface area (Å²) in [6, 6.07) is 13.9. The fraction of sp³-hybridized carbons (Fsp3) is 0.333. The monoisotopic (exact) mass is 458 g/mol. The lowest BCUT2D eigenvalue weighted by Gasteiger charge is -2.14. The van der Waals surface area contributed by atoms with Crippen LogP contribution in [0.5, 0.6) is 0 Å². The van der Waals surface area contributed by atoms with Crippen LogP contribution >= 0.6 is 0 Å². The van der Waals surface area contributed by atoms with E-state index in [-0.39, 0.29) is 18.9 Å². The maximum Gasteiger partial charge on any atom is 0.306 e. The van der Waals surface area contributed by atoms with E-state index < -0.39 is 5.97 Å². The van der Waals surface area contributed by atoms with Gasteiger partial charge in [0.05, 0.1) is 5.52 Å². The van der Waals surface area contributed by atoms with Crippen molar-refractivity contribution in [2.45, 2.75) is 53.4 Å². The van der Waals surface area contributed by atoms with Crippen LogP contribution in [0, 0.1) is 13.8 Å². The minimum atomic E-state index is -0.417. The first-order valence-corrected chi connectivity index (χ1v) is 11.7. The molecule has 0 unspecified atom stereocenters. The summed E-state index contributed by atoms with van der Waals surface area (Å²) in [5.41, 5.74) is 7.44. The topological polar surface area (TPSA) is 85.6 Å². The van der Waals surface area contributed by atoms with E-state index in [1.807, 2.05) is 74.7 Å². The smallest absolute Gasteiger partial charge is 0.306 e. The molecule has 2 aromatic heterocycles. The summed E-state index contributed by atoms with van der Waals surface area (Å²) in [5.74, 6) is -0.748. The number of hydrogen-bond donors (Lipinski definition) is 1. The zero-order valence-corrected chi connectivity index (χ0v) is 20.1. The summed E-state index contributed by atoms with van der Waals surface area (Å²) < 4.78 is 7.10. The summed E-state index contributed by atoms with van der Waals surface area (Å²) in [5, 5.41) is 8.58. The molecule has 0 bridgehead atoms. The zero-order valence-electron chi connectivity index (χ0n) is 20.1.